The first-order chi connectivity index (χ1) is 11.9. The number of ether oxygens (including phenoxy) is 1. The van der Waals surface area contributed by atoms with Gasteiger partial charge in [0.25, 0.3) is 0 Å². The molecular weight excluding hydrogens is 314 g/mol. The van der Waals surface area contributed by atoms with Crippen LogP contribution in [0.1, 0.15) is 56.4 Å². The molecule has 0 aromatic heterocycles. The summed E-state index contributed by atoms with van der Waals surface area (Å²) in [6.07, 6.45) is 7.79. The van der Waals surface area contributed by atoms with Crippen LogP contribution in [0.3, 0.4) is 0 Å². The summed E-state index contributed by atoms with van der Waals surface area (Å²) in [5.41, 5.74) is 2.53. The smallest absolute Gasteiger partial charge is 0.119 e. The van der Waals surface area contributed by atoms with Crippen molar-refractivity contribution >= 4 is 17.4 Å². The first kappa shape index (κ1) is 17.2. The van der Waals surface area contributed by atoms with Crippen LogP contribution in [0.4, 0.5) is 5.69 Å². The molecule has 0 bridgehead atoms. The SMILES string of the molecule is CCCCCCCCOc1ccc(C2Nc3ccccc3S2)cc1. The monoisotopic (exact) mass is 341 g/mol. The van der Waals surface area contributed by atoms with Gasteiger partial charge in [0.2, 0.25) is 0 Å². The third-order valence-corrected chi connectivity index (χ3v) is 5.60. The molecule has 1 N–H and O–H groups in total. The van der Waals surface area contributed by atoms with Gasteiger partial charge < -0.3 is 10.1 Å². The predicted molar refractivity (Wildman–Crippen MR) is 104 cm³/mol. The van der Waals surface area contributed by atoms with E-state index in [-0.39, 0.29) is 0 Å². The number of para-hydroxylation sites is 1. The molecular formula is C21H27NOS. The standard InChI is InChI=1S/C21H27NOS/c1-2-3-4-5-6-9-16-23-18-14-12-17(13-15-18)21-22-19-10-7-8-11-20(19)24-21/h7-8,10-15,21-22H,2-6,9,16H2,1H3. The Hall–Kier alpha value is -1.61. The zero-order chi connectivity index (χ0) is 16.6. The zero-order valence-corrected chi connectivity index (χ0v) is 15.3. The van der Waals surface area contributed by atoms with Crippen LogP contribution in [0.2, 0.25) is 0 Å². The van der Waals surface area contributed by atoms with Gasteiger partial charge >= 0.3 is 0 Å². The highest BCUT2D eigenvalue weighted by molar-refractivity contribution is 8.00. The molecule has 0 aliphatic carbocycles. The minimum Gasteiger partial charge on any atom is -0.494 e. The summed E-state index contributed by atoms with van der Waals surface area (Å²) >= 11 is 1.87. The first-order valence-corrected chi connectivity index (χ1v) is 10.00. The van der Waals surface area contributed by atoms with Gasteiger partial charge in [0, 0.05) is 10.6 Å². The van der Waals surface area contributed by atoms with Crippen LogP contribution in [0.25, 0.3) is 0 Å². The molecule has 0 fully saturated rings. The lowest BCUT2D eigenvalue weighted by Crippen LogP contribution is -2.01. The van der Waals surface area contributed by atoms with E-state index >= 15 is 0 Å². The molecule has 3 heteroatoms. The van der Waals surface area contributed by atoms with Crippen molar-refractivity contribution in [3.05, 3.63) is 54.1 Å². The Morgan fingerprint density at radius 1 is 0.917 bits per heavy atom. The van der Waals surface area contributed by atoms with Crippen LogP contribution in [-0.4, -0.2) is 6.61 Å². The zero-order valence-electron chi connectivity index (χ0n) is 14.5. The Morgan fingerprint density at radius 3 is 2.46 bits per heavy atom. The van der Waals surface area contributed by atoms with Gasteiger partial charge in [-0.15, -0.1) is 0 Å². The molecule has 1 heterocycles. The average Bonchev–Trinajstić information content (AvgIpc) is 3.05. The molecule has 0 saturated carbocycles. The maximum atomic E-state index is 5.86. The summed E-state index contributed by atoms with van der Waals surface area (Å²) in [5.74, 6) is 0.979. The van der Waals surface area contributed by atoms with Gasteiger partial charge in [-0.05, 0) is 36.2 Å². The highest BCUT2D eigenvalue weighted by Gasteiger charge is 2.22. The maximum absolute atomic E-state index is 5.86. The van der Waals surface area contributed by atoms with Gasteiger partial charge in [-0.3, -0.25) is 0 Å². The van der Waals surface area contributed by atoms with Gasteiger partial charge in [-0.25, -0.2) is 0 Å². The Labute approximate surface area is 150 Å². The fourth-order valence-corrected chi connectivity index (χ4v) is 4.09. The summed E-state index contributed by atoms with van der Waals surface area (Å²) in [5, 5.41) is 3.87. The second-order valence-electron chi connectivity index (χ2n) is 6.32. The van der Waals surface area contributed by atoms with Crippen LogP contribution in [0.5, 0.6) is 5.75 Å². The molecule has 1 unspecified atom stereocenters. The molecule has 0 saturated heterocycles. The van der Waals surface area contributed by atoms with Crippen molar-refractivity contribution in [2.45, 2.75) is 55.7 Å². The largest absolute Gasteiger partial charge is 0.494 e. The van der Waals surface area contributed by atoms with E-state index in [2.05, 4.69) is 60.8 Å². The maximum Gasteiger partial charge on any atom is 0.119 e. The molecule has 1 aliphatic rings. The quantitative estimate of drug-likeness (QED) is 0.516. The molecule has 24 heavy (non-hydrogen) atoms. The number of hydrogen-bond acceptors (Lipinski definition) is 3. The number of benzene rings is 2. The van der Waals surface area contributed by atoms with Crippen LogP contribution >= 0.6 is 11.8 Å². The van der Waals surface area contributed by atoms with E-state index in [0.29, 0.717) is 5.37 Å². The summed E-state index contributed by atoms with van der Waals surface area (Å²) in [7, 11) is 0. The minimum absolute atomic E-state index is 0.301. The number of fused-ring (bicyclic) bond motifs is 1. The van der Waals surface area contributed by atoms with Crippen molar-refractivity contribution in [1.29, 1.82) is 0 Å². The molecule has 0 amide bonds. The van der Waals surface area contributed by atoms with Crippen molar-refractivity contribution in [3.63, 3.8) is 0 Å². The molecule has 2 nitrogen and oxygen atoms in total. The molecule has 0 radical (unpaired) electrons. The van der Waals surface area contributed by atoms with Crippen LogP contribution < -0.4 is 10.1 Å². The van der Waals surface area contributed by atoms with Crippen LogP contribution in [-0.2, 0) is 0 Å². The van der Waals surface area contributed by atoms with Crippen LogP contribution in [0.15, 0.2) is 53.4 Å². The predicted octanol–water partition coefficient (Wildman–Crippen LogP) is 6.64. The van der Waals surface area contributed by atoms with E-state index in [1.165, 1.54) is 48.3 Å². The summed E-state index contributed by atoms with van der Waals surface area (Å²) in [4.78, 5) is 1.32. The number of hydrogen-bond donors (Lipinski definition) is 1. The van der Waals surface area contributed by atoms with E-state index in [1.807, 2.05) is 11.8 Å². The number of rotatable bonds is 9. The summed E-state index contributed by atoms with van der Waals surface area (Å²) in [6.45, 7) is 3.08. The number of nitrogens with one attached hydrogen (secondary N) is 1. The molecule has 1 aliphatic heterocycles. The lowest BCUT2D eigenvalue weighted by Gasteiger charge is -2.12. The van der Waals surface area contributed by atoms with Gasteiger partial charge in [0.1, 0.15) is 11.1 Å². The average molecular weight is 342 g/mol. The Kier molecular flexibility index (Phi) is 6.48. The Morgan fingerprint density at radius 2 is 1.67 bits per heavy atom. The molecule has 1 atom stereocenters. The second kappa shape index (κ2) is 9.03. The Bertz CT molecular complexity index is 601. The molecule has 3 rings (SSSR count). The normalized spacial score (nSPS) is 15.8. The highest BCUT2D eigenvalue weighted by atomic mass is 32.2. The third-order valence-electron chi connectivity index (χ3n) is 4.37. The molecule has 2 aromatic carbocycles. The van der Waals surface area contributed by atoms with Crippen molar-refractivity contribution in [2.24, 2.45) is 0 Å². The Balaban J connectivity index is 1.42. The minimum atomic E-state index is 0.301. The fourth-order valence-electron chi connectivity index (χ4n) is 2.95. The molecule has 0 spiro atoms. The van der Waals surface area contributed by atoms with E-state index in [9.17, 15) is 0 Å². The lowest BCUT2D eigenvalue weighted by atomic mass is 10.1. The number of thioether (sulfide) groups is 1. The van der Waals surface area contributed by atoms with E-state index < -0.39 is 0 Å². The van der Waals surface area contributed by atoms with Gasteiger partial charge in [-0.2, -0.15) is 0 Å². The summed E-state index contributed by atoms with van der Waals surface area (Å²) < 4.78 is 5.86. The van der Waals surface area contributed by atoms with Crippen molar-refractivity contribution in [2.75, 3.05) is 11.9 Å². The molecule has 128 valence electrons. The van der Waals surface area contributed by atoms with E-state index in [1.54, 1.807) is 0 Å². The topological polar surface area (TPSA) is 21.3 Å². The second-order valence-corrected chi connectivity index (χ2v) is 7.47. The first-order valence-electron chi connectivity index (χ1n) is 9.12. The fraction of sp³-hybridized carbons (Fsp3) is 0.429. The van der Waals surface area contributed by atoms with Gasteiger partial charge in [-0.1, -0.05) is 75.1 Å². The molecule has 2 aromatic rings. The van der Waals surface area contributed by atoms with Crippen molar-refractivity contribution in [3.8, 4) is 5.75 Å². The highest BCUT2D eigenvalue weighted by Crippen LogP contribution is 2.46. The van der Waals surface area contributed by atoms with E-state index in [4.69, 9.17) is 4.74 Å². The van der Waals surface area contributed by atoms with Crippen molar-refractivity contribution in [1.82, 2.24) is 0 Å². The van der Waals surface area contributed by atoms with Gasteiger partial charge in [0.15, 0.2) is 0 Å². The van der Waals surface area contributed by atoms with Crippen LogP contribution in [0, 0.1) is 0 Å². The number of unbranched alkanes of at least 4 members (excludes halogenated alkanes) is 5. The van der Waals surface area contributed by atoms with E-state index in [0.717, 1.165) is 18.8 Å². The summed E-state index contributed by atoms with van der Waals surface area (Å²) in [6, 6.07) is 17.0. The third kappa shape index (κ3) is 4.70. The number of anilines is 1. The van der Waals surface area contributed by atoms with Gasteiger partial charge in [0.05, 0.1) is 6.61 Å². The van der Waals surface area contributed by atoms with Crippen molar-refractivity contribution < 1.29 is 4.74 Å². The lowest BCUT2D eigenvalue weighted by molar-refractivity contribution is 0.304.